The van der Waals surface area contributed by atoms with Crippen molar-refractivity contribution in [3.05, 3.63) is 142 Å². The summed E-state index contributed by atoms with van der Waals surface area (Å²) in [5.74, 6) is -3.30. The molecular formula is C61H80FN9O7S. The number of hydrogen-bond acceptors (Lipinski definition) is 10. The van der Waals surface area contributed by atoms with Gasteiger partial charge in [0, 0.05) is 48.0 Å². The van der Waals surface area contributed by atoms with Gasteiger partial charge >= 0.3 is 0 Å². The van der Waals surface area contributed by atoms with Gasteiger partial charge in [-0.05, 0) is 132 Å². The van der Waals surface area contributed by atoms with E-state index in [0.29, 0.717) is 5.56 Å². The van der Waals surface area contributed by atoms with Crippen LogP contribution in [-0.4, -0.2) is 130 Å². The molecule has 0 spiro atoms. The number of rotatable bonds is 19. The molecule has 9 atom stereocenters. The monoisotopic (exact) mass is 1100 g/mol. The van der Waals surface area contributed by atoms with Crippen molar-refractivity contribution in [3.63, 3.8) is 0 Å². The van der Waals surface area contributed by atoms with Crippen LogP contribution in [0.5, 0.6) is 0 Å². The highest BCUT2D eigenvalue weighted by molar-refractivity contribution is 8.00. The molecular weight excluding hydrogens is 1020 g/mol. The first-order valence-electron chi connectivity index (χ1n) is 27.5. The summed E-state index contributed by atoms with van der Waals surface area (Å²) in [6, 6.07) is 21.8. The van der Waals surface area contributed by atoms with Crippen LogP contribution in [0.15, 0.2) is 97.1 Å². The van der Waals surface area contributed by atoms with E-state index >= 15 is 14.0 Å². The number of carbonyl (C=O) groups is 7. The van der Waals surface area contributed by atoms with Crippen LogP contribution in [0, 0.1) is 11.2 Å². The third-order valence-corrected chi connectivity index (χ3v) is 17.5. The number of halogens is 1. The average Bonchev–Trinajstić information content (AvgIpc) is 3.91. The predicted molar refractivity (Wildman–Crippen MR) is 306 cm³/mol. The molecule has 2 heterocycles. The molecule has 18 heteroatoms. The molecule has 0 saturated carbocycles. The van der Waals surface area contributed by atoms with E-state index < -0.39 is 87.9 Å². The first-order chi connectivity index (χ1) is 37.5. The second-order valence-corrected chi connectivity index (χ2v) is 24.4. The van der Waals surface area contributed by atoms with Gasteiger partial charge in [-0.2, -0.15) is 11.8 Å². The number of carbonyl (C=O) groups excluding carboxylic acids is 7. The number of hydrogen-bond donors (Lipinski definition) is 6. The molecule has 0 radical (unpaired) electrons. The maximum absolute atomic E-state index is 15.8. The van der Waals surface area contributed by atoms with Gasteiger partial charge in [0.05, 0.1) is 24.2 Å². The minimum atomic E-state index is -1.03. The third kappa shape index (κ3) is 13.9. The summed E-state index contributed by atoms with van der Waals surface area (Å²) in [6.45, 7) is 14.6. The van der Waals surface area contributed by atoms with E-state index in [2.05, 4.69) is 38.0 Å². The zero-order valence-electron chi connectivity index (χ0n) is 47.6. The molecule has 3 aliphatic rings. The molecule has 1 saturated heterocycles. The van der Waals surface area contributed by atoms with Gasteiger partial charge in [-0.25, -0.2) is 4.39 Å². The van der Waals surface area contributed by atoms with Gasteiger partial charge in [-0.15, -0.1) is 0 Å². The summed E-state index contributed by atoms with van der Waals surface area (Å²) in [5, 5.41) is 18.1. The van der Waals surface area contributed by atoms with E-state index in [1.54, 1.807) is 87.1 Å². The number of nitrogens with zero attached hydrogens (tertiary/aromatic N) is 3. The standard InChI is InChI=1S/C61H80FN9O7S/c1-36(63-9)53(72)67-51(60(4,5)6)58(77)71-35-44(32-49(71)56(75)66-48-26-18-22-40-19-14-15-24-46(40)48)65-55(74)41-29-27-39(28-30-41)33-69(38(3)45-23-16-17-25-47(45)62)57(76)50-31-42-20-12-13-21-43(42)34-70(50)59(78)52(61(7,8)79-11)68-54(73)37(2)64-10/h12-17,19-21,23-25,27-30,36-38,44,48-52,63-64H,18,22,26,31-35H2,1-11H3,(H,65,74)(H,66,75)(H,67,72)(H,68,73)/t36-,37-,38+,44-,48+,49-,50-,51+,52+/m0/s1. The van der Waals surface area contributed by atoms with Crippen LogP contribution < -0.4 is 31.9 Å². The van der Waals surface area contributed by atoms with Crippen LogP contribution in [0.1, 0.15) is 130 Å². The van der Waals surface area contributed by atoms with E-state index in [-0.39, 0.29) is 67.4 Å². The fourth-order valence-electron chi connectivity index (χ4n) is 10.8. The maximum Gasteiger partial charge on any atom is 0.251 e. The first-order valence-corrected chi connectivity index (χ1v) is 28.7. The minimum absolute atomic E-state index is 0.0131. The molecule has 0 unspecified atom stereocenters. The quantitative estimate of drug-likeness (QED) is 0.0635. The van der Waals surface area contributed by atoms with Crippen molar-refractivity contribution < 1.29 is 38.0 Å². The highest BCUT2D eigenvalue weighted by Crippen LogP contribution is 2.35. The van der Waals surface area contributed by atoms with Gasteiger partial charge in [0.2, 0.25) is 35.4 Å². The van der Waals surface area contributed by atoms with Crippen molar-refractivity contribution in [1.82, 2.24) is 46.6 Å². The second kappa shape index (κ2) is 25.7. The Morgan fingerprint density at radius 2 is 1.29 bits per heavy atom. The van der Waals surface area contributed by atoms with Crippen LogP contribution in [0.4, 0.5) is 4.39 Å². The lowest BCUT2D eigenvalue weighted by Gasteiger charge is -2.43. The lowest BCUT2D eigenvalue weighted by atomic mass is 9.85. The molecule has 1 fully saturated rings. The van der Waals surface area contributed by atoms with Gasteiger partial charge < -0.3 is 46.6 Å². The van der Waals surface area contributed by atoms with E-state index in [4.69, 9.17) is 0 Å². The Morgan fingerprint density at radius 3 is 1.91 bits per heavy atom. The van der Waals surface area contributed by atoms with Crippen molar-refractivity contribution in [2.75, 3.05) is 26.9 Å². The van der Waals surface area contributed by atoms with Crippen LogP contribution >= 0.6 is 11.8 Å². The number of fused-ring (bicyclic) bond motifs is 2. The molecule has 16 nitrogen and oxygen atoms in total. The van der Waals surface area contributed by atoms with Crippen LogP contribution in [0.2, 0.25) is 0 Å². The Balaban J connectivity index is 1.15. The highest BCUT2D eigenvalue weighted by Gasteiger charge is 2.48. The first kappa shape index (κ1) is 60.0. The van der Waals surface area contributed by atoms with E-state index in [1.807, 2.05) is 83.3 Å². The topological polar surface area (TPSA) is 201 Å². The summed E-state index contributed by atoms with van der Waals surface area (Å²) < 4.78 is 15.0. The molecule has 79 heavy (non-hydrogen) atoms. The predicted octanol–water partition coefficient (Wildman–Crippen LogP) is 6.14. The molecule has 2 aliphatic heterocycles. The summed E-state index contributed by atoms with van der Waals surface area (Å²) in [6.07, 6.45) is 4.70. The molecule has 1 aliphatic carbocycles. The third-order valence-electron chi connectivity index (χ3n) is 16.2. The van der Waals surface area contributed by atoms with Crippen molar-refractivity contribution in [3.8, 4) is 0 Å². The van der Waals surface area contributed by atoms with E-state index in [0.717, 1.165) is 36.0 Å². The number of aryl methyl sites for hydroxylation is 1. The van der Waals surface area contributed by atoms with Crippen LogP contribution in [-0.2, 0) is 54.7 Å². The number of thioether (sulfide) groups is 1. The van der Waals surface area contributed by atoms with Crippen LogP contribution in [0.3, 0.4) is 0 Å². The molecule has 7 amide bonds. The van der Waals surface area contributed by atoms with E-state index in [9.17, 15) is 24.0 Å². The molecule has 4 aromatic carbocycles. The fourth-order valence-corrected chi connectivity index (χ4v) is 11.2. The molecule has 4 aromatic rings. The maximum atomic E-state index is 15.8. The molecule has 7 rings (SSSR count). The summed E-state index contributed by atoms with van der Waals surface area (Å²) in [5.41, 5.74) is 4.42. The van der Waals surface area contributed by atoms with Crippen LogP contribution in [0.25, 0.3) is 0 Å². The van der Waals surface area contributed by atoms with Gasteiger partial charge in [0.15, 0.2) is 0 Å². The largest absolute Gasteiger partial charge is 0.347 e. The Labute approximate surface area is 469 Å². The SMILES string of the molecule is CN[C@@H](C)C(=O)N[C@H](C(=O)N1C[C@@H](NC(=O)c2ccc(CN(C(=O)[C@@H]3Cc4ccccc4CN3C(=O)[C@@H](NC(=O)[C@H](C)NC)C(C)(C)SC)[C@H](C)c3ccccc3F)cc2)C[C@H]1C(=O)N[C@@H]1CCCc2ccccc21)C(C)(C)C. The molecule has 424 valence electrons. The smallest absolute Gasteiger partial charge is 0.251 e. The number of likely N-dealkylation sites (tertiary alicyclic amines) is 1. The van der Waals surface area contributed by atoms with Crippen molar-refractivity contribution in [2.24, 2.45) is 5.41 Å². The lowest BCUT2D eigenvalue weighted by Crippen LogP contribution is -2.63. The second-order valence-electron chi connectivity index (χ2n) is 23.0. The zero-order valence-corrected chi connectivity index (χ0v) is 48.4. The number of benzene rings is 4. The van der Waals surface area contributed by atoms with Gasteiger partial charge in [0.1, 0.15) is 30.0 Å². The molecule has 6 N–H and O–H groups in total. The fraction of sp³-hybridized carbons (Fsp3) is 0.492. The summed E-state index contributed by atoms with van der Waals surface area (Å²) in [4.78, 5) is 105. The Morgan fingerprint density at radius 1 is 0.709 bits per heavy atom. The lowest BCUT2D eigenvalue weighted by molar-refractivity contribution is -0.151. The van der Waals surface area contributed by atoms with E-state index in [1.165, 1.54) is 28.3 Å². The van der Waals surface area contributed by atoms with Gasteiger partial charge in [0.25, 0.3) is 5.91 Å². The molecule has 0 aromatic heterocycles. The Hall–Kier alpha value is -6.63. The van der Waals surface area contributed by atoms with Crippen molar-refractivity contribution >= 4 is 53.1 Å². The average molecular weight is 1100 g/mol. The number of amides is 7. The number of likely N-dealkylation sites (N-methyl/N-ethyl adjacent to an activating group) is 2. The highest BCUT2D eigenvalue weighted by atomic mass is 32.2. The normalized spacial score (nSPS) is 20.1. The number of nitrogens with one attached hydrogen (secondary N) is 6. The van der Waals surface area contributed by atoms with Crippen molar-refractivity contribution in [1.29, 1.82) is 0 Å². The van der Waals surface area contributed by atoms with Gasteiger partial charge in [-0.3, -0.25) is 33.6 Å². The summed E-state index contributed by atoms with van der Waals surface area (Å²) in [7, 11) is 3.32. The summed E-state index contributed by atoms with van der Waals surface area (Å²) >= 11 is 1.42. The Bertz CT molecular complexity index is 2880. The minimum Gasteiger partial charge on any atom is -0.347 e. The van der Waals surface area contributed by atoms with Gasteiger partial charge in [-0.1, -0.05) is 99.6 Å². The van der Waals surface area contributed by atoms with Crippen molar-refractivity contribution in [2.45, 2.75) is 160 Å². The molecule has 0 bridgehead atoms. The Kier molecular flexibility index (Phi) is 19.5. The zero-order chi connectivity index (χ0) is 57.5.